The summed E-state index contributed by atoms with van der Waals surface area (Å²) in [5, 5.41) is 15.0. The molecule has 2 fully saturated rings. The van der Waals surface area contributed by atoms with Gasteiger partial charge in [-0.15, -0.1) is 0 Å². The van der Waals surface area contributed by atoms with E-state index in [9.17, 15) is 19.5 Å². The van der Waals surface area contributed by atoms with Gasteiger partial charge in [0.15, 0.2) is 11.5 Å². The van der Waals surface area contributed by atoms with Crippen molar-refractivity contribution in [3.8, 4) is 11.5 Å². The van der Waals surface area contributed by atoms with Crippen molar-refractivity contribution in [2.45, 2.75) is 31.7 Å². The molecule has 1 aromatic rings. The molecule has 0 aromatic heterocycles. The SMILES string of the molecule is CCC1(C2CCN(C(=O)c3ccc(OC)c(O)c3)CC2)NC(=O)NC1=O. The number of urea groups is 1. The number of carbonyl (C=O) groups excluding carboxylic acids is 3. The van der Waals surface area contributed by atoms with E-state index in [-0.39, 0.29) is 23.5 Å². The van der Waals surface area contributed by atoms with Crippen LogP contribution in [0.25, 0.3) is 0 Å². The van der Waals surface area contributed by atoms with Crippen molar-refractivity contribution in [2.75, 3.05) is 20.2 Å². The second-order valence-electron chi connectivity index (χ2n) is 6.69. The average molecular weight is 361 g/mol. The van der Waals surface area contributed by atoms with Gasteiger partial charge in [0.05, 0.1) is 7.11 Å². The highest BCUT2D eigenvalue weighted by atomic mass is 16.5. The predicted octanol–water partition coefficient (Wildman–Crippen LogP) is 1.24. The molecule has 0 aliphatic carbocycles. The zero-order valence-corrected chi connectivity index (χ0v) is 14.9. The van der Waals surface area contributed by atoms with Gasteiger partial charge in [-0.1, -0.05) is 6.92 Å². The second kappa shape index (κ2) is 6.86. The topological polar surface area (TPSA) is 108 Å². The van der Waals surface area contributed by atoms with Crippen molar-refractivity contribution in [3.63, 3.8) is 0 Å². The average Bonchev–Trinajstić information content (AvgIpc) is 2.95. The molecule has 0 spiro atoms. The number of aromatic hydroxyl groups is 1. The maximum Gasteiger partial charge on any atom is 0.322 e. The van der Waals surface area contributed by atoms with E-state index in [0.717, 1.165) is 0 Å². The molecule has 2 aliphatic heterocycles. The van der Waals surface area contributed by atoms with Crippen LogP contribution in [-0.2, 0) is 4.79 Å². The molecule has 2 saturated heterocycles. The van der Waals surface area contributed by atoms with Crippen molar-refractivity contribution in [3.05, 3.63) is 23.8 Å². The van der Waals surface area contributed by atoms with Gasteiger partial charge in [0.25, 0.3) is 11.8 Å². The van der Waals surface area contributed by atoms with Crippen molar-refractivity contribution >= 4 is 17.8 Å². The second-order valence-corrected chi connectivity index (χ2v) is 6.69. The summed E-state index contributed by atoms with van der Waals surface area (Å²) in [5.74, 6) is -0.245. The number of ether oxygens (including phenoxy) is 1. The minimum absolute atomic E-state index is 0.0210. The van der Waals surface area contributed by atoms with Gasteiger partial charge in [0, 0.05) is 18.7 Å². The Hall–Kier alpha value is -2.77. The highest BCUT2D eigenvalue weighted by Gasteiger charge is 2.51. The van der Waals surface area contributed by atoms with Gasteiger partial charge < -0.3 is 20.1 Å². The van der Waals surface area contributed by atoms with Gasteiger partial charge in [-0.3, -0.25) is 14.9 Å². The Kier molecular flexibility index (Phi) is 4.76. The molecule has 4 amide bonds. The Morgan fingerprint density at radius 1 is 1.35 bits per heavy atom. The highest BCUT2D eigenvalue weighted by molar-refractivity contribution is 6.07. The van der Waals surface area contributed by atoms with Crippen molar-refractivity contribution < 1.29 is 24.2 Å². The van der Waals surface area contributed by atoms with Gasteiger partial charge in [0.1, 0.15) is 5.54 Å². The normalized spacial score (nSPS) is 23.5. The third kappa shape index (κ3) is 2.95. The molecular weight excluding hydrogens is 338 g/mol. The zero-order valence-electron chi connectivity index (χ0n) is 14.9. The molecular formula is C18H23N3O5. The Labute approximate surface area is 151 Å². The molecule has 0 bridgehead atoms. The van der Waals surface area contributed by atoms with E-state index in [1.165, 1.54) is 13.2 Å². The summed E-state index contributed by atoms with van der Waals surface area (Å²) in [6.45, 7) is 2.85. The largest absolute Gasteiger partial charge is 0.504 e. The van der Waals surface area contributed by atoms with E-state index in [0.29, 0.717) is 43.7 Å². The number of nitrogens with one attached hydrogen (secondary N) is 2. The first-order chi connectivity index (χ1) is 12.4. The molecule has 8 heteroatoms. The summed E-state index contributed by atoms with van der Waals surface area (Å²) in [4.78, 5) is 38.2. The fraction of sp³-hybridized carbons (Fsp3) is 0.500. The van der Waals surface area contributed by atoms with Crippen LogP contribution in [0, 0.1) is 5.92 Å². The molecule has 0 radical (unpaired) electrons. The van der Waals surface area contributed by atoms with Gasteiger partial charge in [0.2, 0.25) is 0 Å². The van der Waals surface area contributed by atoms with Crippen LogP contribution in [0.3, 0.4) is 0 Å². The number of nitrogens with zero attached hydrogens (tertiary/aromatic N) is 1. The maximum absolute atomic E-state index is 12.7. The van der Waals surface area contributed by atoms with E-state index in [4.69, 9.17) is 4.74 Å². The smallest absolute Gasteiger partial charge is 0.322 e. The van der Waals surface area contributed by atoms with Crippen LogP contribution in [0.2, 0.25) is 0 Å². The van der Waals surface area contributed by atoms with Gasteiger partial charge in [-0.05, 0) is 43.4 Å². The van der Waals surface area contributed by atoms with E-state index < -0.39 is 11.6 Å². The lowest BCUT2D eigenvalue weighted by Crippen LogP contribution is -2.56. The molecule has 3 rings (SSSR count). The van der Waals surface area contributed by atoms with E-state index in [2.05, 4.69) is 10.6 Å². The Morgan fingerprint density at radius 3 is 2.54 bits per heavy atom. The van der Waals surface area contributed by atoms with Gasteiger partial charge >= 0.3 is 6.03 Å². The third-order valence-corrected chi connectivity index (χ3v) is 5.43. The molecule has 140 valence electrons. The zero-order chi connectivity index (χ0) is 18.9. The molecule has 1 atom stereocenters. The standard InChI is InChI=1S/C18H23N3O5/c1-3-18(16(24)19-17(25)20-18)12-6-8-21(9-7-12)15(23)11-4-5-14(26-2)13(22)10-11/h4-5,10,12,22H,3,6-9H2,1-2H3,(H2,19,20,24,25). The number of carbonyl (C=O) groups is 3. The molecule has 1 unspecified atom stereocenters. The fourth-order valence-electron chi connectivity index (χ4n) is 3.91. The van der Waals surface area contributed by atoms with Gasteiger partial charge in [-0.25, -0.2) is 4.79 Å². The van der Waals surface area contributed by atoms with Crippen LogP contribution in [-0.4, -0.2) is 53.6 Å². The van der Waals surface area contributed by atoms with Crippen LogP contribution in [0.15, 0.2) is 18.2 Å². The van der Waals surface area contributed by atoms with Crippen LogP contribution < -0.4 is 15.4 Å². The number of amides is 4. The van der Waals surface area contributed by atoms with Crippen LogP contribution in [0.4, 0.5) is 4.79 Å². The van der Waals surface area contributed by atoms with Crippen molar-refractivity contribution in [2.24, 2.45) is 5.92 Å². The van der Waals surface area contributed by atoms with Gasteiger partial charge in [-0.2, -0.15) is 0 Å². The van der Waals surface area contributed by atoms with Crippen LogP contribution in [0.5, 0.6) is 11.5 Å². The number of benzene rings is 1. The molecule has 8 nitrogen and oxygen atoms in total. The number of hydrogen-bond donors (Lipinski definition) is 3. The fourth-order valence-corrected chi connectivity index (χ4v) is 3.91. The van der Waals surface area contributed by atoms with E-state index >= 15 is 0 Å². The highest BCUT2D eigenvalue weighted by Crippen LogP contribution is 2.34. The summed E-state index contributed by atoms with van der Waals surface area (Å²) in [5.41, 5.74) is -0.496. The Morgan fingerprint density at radius 2 is 2.04 bits per heavy atom. The first-order valence-corrected chi connectivity index (χ1v) is 8.71. The minimum atomic E-state index is -0.884. The molecule has 2 heterocycles. The number of hydrogen-bond acceptors (Lipinski definition) is 5. The minimum Gasteiger partial charge on any atom is -0.504 e. The summed E-state index contributed by atoms with van der Waals surface area (Å²) < 4.78 is 4.99. The Balaban J connectivity index is 1.68. The van der Waals surface area contributed by atoms with Crippen LogP contribution >= 0.6 is 0 Å². The number of phenolic OH excluding ortho intramolecular Hbond substituents is 1. The van der Waals surface area contributed by atoms with E-state index in [1.807, 2.05) is 6.92 Å². The third-order valence-electron chi connectivity index (χ3n) is 5.43. The monoisotopic (exact) mass is 361 g/mol. The number of rotatable bonds is 4. The lowest BCUT2D eigenvalue weighted by atomic mass is 9.76. The molecule has 2 aliphatic rings. The summed E-state index contributed by atoms with van der Waals surface area (Å²) >= 11 is 0. The number of methoxy groups -OCH3 is 1. The summed E-state index contributed by atoms with van der Waals surface area (Å²) in [6, 6.07) is 4.11. The van der Waals surface area contributed by atoms with E-state index in [1.54, 1.807) is 17.0 Å². The predicted molar refractivity (Wildman–Crippen MR) is 93.0 cm³/mol. The number of piperidine rings is 1. The summed E-state index contributed by atoms with van der Waals surface area (Å²) in [6.07, 6.45) is 1.75. The lowest BCUT2D eigenvalue weighted by molar-refractivity contribution is -0.126. The molecule has 0 saturated carbocycles. The lowest BCUT2D eigenvalue weighted by Gasteiger charge is -2.40. The van der Waals surface area contributed by atoms with Crippen molar-refractivity contribution in [1.82, 2.24) is 15.5 Å². The summed E-state index contributed by atoms with van der Waals surface area (Å²) in [7, 11) is 1.45. The van der Waals surface area contributed by atoms with Crippen molar-refractivity contribution in [1.29, 1.82) is 0 Å². The van der Waals surface area contributed by atoms with Crippen LogP contribution in [0.1, 0.15) is 36.5 Å². The molecule has 1 aromatic carbocycles. The number of imide groups is 1. The first kappa shape index (κ1) is 18.0. The Bertz CT molecular complexity index is 742. The number of phenols is 1. The quantitative estimate of drug-likeness (QED) is 0.700. The molecule has 26 heavy (non-hydrogen) atoms. The molecule has 3 N–H and O–H groups in total. The maximum atomic E-state index is 12.7. The first-order valence-electron chi connectivity index (χ1n) is 8.71. The number of likely N-dealkylation sites (tertiary alicyclic amines) is 1.